The molecule has 0 fully saturated rings. The lowest BCUT2D eigenvalue weighted by atomic mass is 10.3. The van der Waals surface area contributed by atoms with Gasteiger partial charge >= 0.3 is 0 Å². The highest BCUT2D eigenvalue weighted by molar-refractivity contribution is 7.92. The number of hydrogen-bond acceptors (Lipinski definition) is 5. The minimum Gasteiger partial charge on any atom is -0.493 e. The van der Waals surface area contributed by atoms with Crippen LogP contribution in [0.3, 0.4) is 0 Å². The van der Waals surface area contributed by atoms with Crippen LogP contribution in [0.25, 0.3) is 0 Å². The van der Waals surface area contributed by atoms with Gasteiger partial charge in [0.15, 0.2) is 11.5 Å². The molecule has 0 aliphatic carbocycles. The summed E-state index contributed by atoms with van der Waals surface area (Å²) in [6, 6.07) is 11.4. The Bertz CT molecular complexity index is 816. The fourth-order valence-corrected chi connectivity index (χ4v) is 3.49. The first kappa shape index (κ1) is 18.9. The fraction of sp³-hybridized carbons (Fsp3) is 0.333. The van der Waals surface area contributed by atoms with Crippen LogP contribution in [0.2, 0.25) is 0 Å². The van der Waals surface area contributed by atoms with E-state index in [2.05, 4.69) is 0 Å². The molecule has 0 radical (unpaired) electrons. The number of rotatable bonds is 7. The van der Waals surface area contributed by atoms with Gasteiger partial charge < -0.3 is 14.2 Å². The molecule has 6 nitrogen and oxygen atoms in total. The van der Waals surface area contributed by atoms with Gasteiger partial charge in [0.25, 0.3) is 10.0 Å². The van der Waals surface area contributed by atoms with Crippen LogP contribution in [-0.4, -0.2) is 35.8 Å². The Morgan fingerprint density at radius 2 is 1.52 bits per heavy atom. The lowest BCUT2D eigenvalue weighted by molar-refractivity contribution is 0.242. The van der Waals surface area contributed by atoms with Gasteiger partial charge in [0.1, 0.15) is 5.75 Å². The van der Waals surface area contributed by atoms with Gasteiger partial charge in [0.05, 0.1) is 30.9 Å². The maximum atomic E-state index is 12.9. The zero-order valence-corrected chi connectivity index (χ0v) is 15.8. The van der Waals surface area contributed by atoms with Crippen molar-refractivity contribution in [2.45, 2.75) is 24.8 Å². The zero-order chi connectivity index (χ0) is 18.6. The summed E-state index contributed by atoms with van der Waals surface area (Å²) < 4.78 is 42.8. The van der Waals surface area contributed by atoms with Gasteiger partial charge in [-0.1, -0.05) is 0 Å². The summed E-state index contributed by atoms with van der Waals surface area (Å²) in [6.07, 6.45) is 0.0547. The highest BCUT2D eigenvalue weighted by Crippen LogP contribution is 2.32. The molecule has 0 aliphatic rings. The van der Waals surface area contributed by atoms with Crippen molar-refractivity contribution in [2.24, 2.45) is 0 Å². The predicted octanol–water partition coefficient (Wildman–Crippen LogP) is 3.32. The van der Waals surface area contributed by atoms with Crippen LogP contribution in [-0.2, 0) is 10.0 Å². The second-order valence-corrected chi connectivity index (χ2v) is 7.62. The number of methoxy groups -OCH3 is 2. The van der Waals surface area contributed by atoms with Crippen molar-refractivity contribution in [1.82, 2.24) is 0 Å². The molecule has 25 heavy (non-hydrogen) atoms. The van der Waals surface area contributed by atoms with Crippen LogP contribution >= 0.6 is 0 Å². The third-order valence-corrected chi connectivity index (χ3v) is 5.37. The molecule has 0 unspecified atom stereocenters. The van der Waals surface area contributed by atoms with Gasteiger partial charge in [-0.15, -0.1) is 0 Å². The third kappa shape index (κ3) is 4.17. The zero-order valence-electron chi connectivity index (χ0n) is 15.0. The third-order valence-electron chi connectivity index (χ3n) is 3.59. The van der Waals surface area contributed by atoms with Crippen LogP contribution in [0.1, 0.15) is 13.8 Å². The summed E-state index contributed by atoms with van der Waals surface area (Å²) >= 11 is 0. The summed E-state index contributed by atoms with van der Waals surface area (Å²) in [7, 11) is 0.738. The Labute approximate surface area is 149 Å². The lowest BCUT2D eigenvalue weighted by Crippen LogP contribution is -2.26. The van der Waals surface area contributed by atoms with Crippen LogP contribution in [0.15, 0.2) is 47.4 Å². The molecule has 0 N–H and O–H groups in total. The number of ether oxygens (including phenoxy) is 3. The van der Waals surface area contributed by atoms with E-state index in [1.54, 1.807) is 30.3 Å². The Morgan fingerprint density at radius 3 is 2.04 bits per heavy atom. The van der Waals surface area contributed by atoms with E-state index in [4.69, 9.17) is 14.2 Å². The highest BCUT2D eigenvalue weighted by Gasteiger charge is 2.23. The van der Waals surface area contributed by atoms with E-state index in [9.17, 15) is 8.42 Å². The van der Waals surface area contributed by atoms with E-state index in [0.29, 0.717) is 22.9 Å². The first-order valence-electron chi connectivity index (χ1n) is 7.77. The molecule has 2 aromatic rings. The predicted molar refractivity (Wildman–Crippen MR) is 97.3 cm³/mol. The first-order valence-corrected chi connectivity index (χ1v) is 9.21. The minimum atomic E-state index is -3.73. The van der Waals surface area contributed by atoms with Gasteiger partial charge in [0, 0.05) is 13.1 Å². The number of hydrogen-bond donors (Lipinski definition) is 0. The average molecular weight is 365 g/mol. The molecule has 0 amide bonds. The van der Waals surface area contributed by atoms with Gasteiger partial charge in [-0.25, -0.2) is 8.42 Å². The Kier molecular flexibility index (Phi) is 5.79. The molecule has 0 saturated carbocycles. The smallest absolute Gasteiger partial charge is 0.264 e. The van der Waals surface area contributed by atoms with Crippen LogP contribution < -0.4 is 18.5 Å². The molecule has 0 atom stereocenters. The average Bonchev–Trinajstić information content (AvgIpc) is 2.60. The molecule has 0 aromatic heterocycles. The highest BCUT2D eigenvalue weighted by atomic mass is 32.2. The molecular weight excluding hydrogens is 342 g/mol. The molecule has 7 heteroatoms. The summed E-state index contributed by atoms with van der Waals surface area (Å²) in [5.41, 5.74) is 0.533. The molecular formula is C18H23NO5S. The quantitative estimate of drug-likeness (QED) is 0.753. The Hall–Kier alpha value is -2.41. The second-order valence-electron chi connectivity index (χ2n) is 5.65. The van der Waals surface area contributed by atoms with E-state index in [1.165, 1.54) is 37.7 Å². The maximum absolute atomic E-state index is 12.9. The van der Waals surface area contributed by atoms with E-state index >= 15 is 0 Å². The van der Waals surface area contributed by atoms with Gasteiger partial charge in [-0.2, -0.15) is 0 Å². The molecule has 0 bridgehead atoms. The van der Waals surface area contributed by atoms with Crippen molar-refractivity contribution in [3.8, 4) is 17.2 Å². The first-order chi connectivity index (χ1) is 11.8. The van der Waals surface area contributed by atoms with E-state index in [-0.39, 0.29) is 11.0 Å². The van der Waals surface area contributed by atoms with Crippen molar-refractivity contribution in [1.29, 1.82) is 0 Å². The lowest BCUT2D eigenvalue weighted by Gasteiger charge is -2.21. The summed E-state index contributed by atoms with van der Waals surface area (Å²) in [5.74, 6) is 1.52. The largest absolute Gasteiger partial charge is 0.493 e. The van der Waals surface area contributed by atoms with E-state index in [0.717, 1.165) is 0 Å². The van der Waals surface area contributed by atoms with Crippen molar-refractivity contribution < 1.29 is 22.6 Å². The Morgan fingerprint density at radius 1 is 0.920 bits per heavy atom. The van der Waals surface area contributed by atoms with Crippen LogP contribution in [0.4, 0.5) is 5.69 Å². The molecule has 2 aromatic carbocycles. The summed E-state index contributed by atoms with van der Waals surface area (Å²) in [6.45, 7) is 3.86. The van der Waals surface area contributed by atoms with Gasteiger partial charge in [-0.3, -0.25) is 4.31 Å². The molecule has 2 rings (SSSR count). The Balaban J connectivity index is 2.32. The number of sulfonamides is 1. The standard InChI is InChI=1S/C18H23NO5S/c1-13(2)24-15-8-6-14(7-9-15)19(3)25(20,21)16-10-11-17(22-4)18(12-16)23-5/h6-13H,1-5H3. The maximum Gasteiger partial charge on any atom is 0.264 e. The molecule has 0 saturated heterocycles. The van der Waals surface area contributed by atoms with Gasteiger partial charge in [-0.05, 0) is 50.2 Å². The summed E-state index contributed by atoms with van der Waals surface area (Å²) in [5, 5.41) is 0. The van der Waals surface area contributed by atoms with Crippen molar-refractivity contribution >= 4 is 15.7 Å². The van der Waals surface area contributed by atoms with Crippen molar-refractivity contribution in [2.75, 3.05) is 25.6 Å². The van der Waals surface area contributed by atoms with Crippen LogP contribution in [0, 0.1) is 0 Å². The molecule has 136 valence electrons. The molecule has 0 heterocycles. The van der Waals surface area contributed by atoms with E-state index in [1.807, 2.05) is 13.8 Å². The SMILES string of the molecule is COc1ccc(S(=O)(=O)N(C)c2ccc(OC(C)C)cc2)cc1OC. The monoisotopic (exact) mass is 365 g/mol. The molecule has 0 spiro atoms. The normalized spacial score (nSPS) is 11.3. The molecule has 0 aliphatic heterocycles. The number of anilines is 1. The van der Waals surface area contributed by atoms with Crippen molar-refractivity contribution in [3.63, 3.8) is 0 Å². The van der Waals surface area contributed by atoms with Crippen molar-refractivity contribution in [3.05, 3.63) is 42.5 Å². The number of benzene rings is 2. The summed E-state index contributed by atoms with van der Waals surface area (Å²) in [4.78, 5) is 0.121. The second kappa shape index (κ2) is 7.65. The van der Waals surface area contributed by atoms with Crippen LogP contribution in [0.5, 0.6) is 17.2 Å². The minimum absolute atomic E-state index is 0.0547. The topological polar surface area (TPSA) is 65.1 Å². The van der Waals surface area contributed by atoms with E-state index < -0.39 is 10.0 Å². The number of nitrogens with zero attached hydrogens (tertiary/aromatic N) is 1. The fourth-order valence-electron chi connectivity index (χ4n) is 2.28. The van der Waals surface area contributed by atoms with Gasteiger partial charge in [0.2, 0.25) is 0 Å².